The summed E-state index contributed by atoms with van der Waals surface area (Å²) >= 11 is 0. The molecular formula is C14H22O3. The maximum absolute atomic E-state index is 11.2. The normalized spacial score (nSPS) is 33.8. The molecule has 0 aromatic rings. The summed E-state index contributed by atoms with van der Waals surface area (Å²) in [5.74, 6) is -0.606. The van der Waals surface area contributed by atoms with Gasteiger partial charge in [-0.05, 0) is 44.9 Å². The molecule has 0 aromatic carbocycles. The molecule has 0 aromatic heterocycles. The number of carboxylic acid groups (broad SMARTS) is 1. The van der Waals surface area contributed by atoms with E-state index in [1.165, 1.54) is 32.1 Å². The first kappa shape index (κ1) is 11.5. The van der Waals surface area contributed by atoms with Gasteiger partial charge in [-0.15, -0.1) is 0 Å². The van der Waals surface area contributed by atoms with Crippen molar-refractivity contribution in [1.29, 1.82) is 0 Å². The maximum Gasteiger partial charge on any atom is 0.309 e. The monoisotopic (exact) mass is 238 g/mol. The van der Waals surface area contributed by atoms with Crippen LogP contribution in [0, 0.1) is 5.41 Å². The van der Waals surface area contributed by atoms with Gasteiger partial charge in [0, 0.05) is 0 Å². The summed E-state index contributed by atoms with van der Waals surface area (Å²) in [7, 11) is 0. The van der Waals surface area contributed by atoms with Gasteiger partial charge < -0.3 is 9.84 Å². The van der Waals surface area contributed by atoms with E-state index in [0.29, 0.717) is 0 Å². The highest BCUT2D eigenvalue weighted by Crippen LogP contribution is 2.53. The van der Waals surface area contributed by atoms with Crippen molar-refractivity contribution >= 4 is 5.97 Å². The van der Waals surface area contributed by atoms with Crippen molar-refractivity contribution in [2.24, 2.45) is 5.41 Å². The van der Waals surface area contributed by atoms with Crippen molar-refractivity contribution < 1.29 is 14.6 Å². The van der Waals surface area contributed by atoms with Crippen molar-refractivity contribution in [3.05, 3.63) is 0 Å². The maximum atomic E-state index is 11.2. The lowest BCUT2D eigenvalue weighted by atomic mass is 9.83. The van der Waals surface area contributed by atoms with Crippen LogP contribution in [0.3, 0.4) is 0 Å². The second-order valence-electron chi connectivity index (χ2n) is 6.31. The number of hydrogen-bond donors (Lipinski definition) is 1. The van der Waals surface area contributed by atoms with E-state index >= 15 is 0 Å². The van der Waals surface area contributed by atoms with Crippen LogP contribution in [0.1, 0.15) is 64.2 Å². The molecule has 3 heteroatoms. The zero-order chi connectivity index (χ0) is 11.9. The summed E-state index contributed by atoms with van der Waals surface area (Å²) in [6, 6.07) is 0. The molecule has 3 nitrogen and oxygen atoms in total. The summed E-state index contributed by atoms with van der Waals surface area (Å²) in [6.45, 7) is 0. The fourth-order valence-corrected chi connectivity index (χ4v) is 3.70. The third kappa shape index (κ3) is 2.10. The molecule has 1 atom stereocenters. The number of carboxylic acids is 1. The molecule has 1 spiro atoms. The van der Waals surface area contributed by atoms with Crippen molar-refractivity contribution in [3.63, 3.8) is 0 Å². The van der Waals surface area contributed by atoms with Crippen LogP contribution in [-0.2, 0) is 9.53 Å². The van der Waals surface area contributed by atoms with E-state index < -0.39 is 11.4 Å². The molecule has 1 N–H and O–H groups in total. The van der Waals surface area contributed by atoms with Crippen LogP contribution in [0.25, 0.3) is 0 Å². The molecule has 2 saturated carbocycles. The fraction of sp³-hybridized carbons (Fsp3) is 0.929. The van der Waals surface area contributed by atoms with E-state index in [4.69, 9.17) is 4.74 Å². The summed E-state index contributed by atoms with van der Waals surface area (Å²) < 4.78 is 6.25. The first-order valence-corrected chi connectivity index (χ1v) is 7.06. The van der Waals surface area contributed by atoms with Crippen molar-refractivity contribution in [1.82, 2.24) is 0 Å². The zero-order valence-corrected chi connectivity index (χ0v) is 10.4. The van der Waals surface area contributed by atoms with E-state index in [9.17, 15) is 9.90 Å². The average Bonchev–Trinajstić information content (AvgIpc) is 3.00. The van der Waals surface area contributed by atoms with Crippen LogP contribution in [0.15, 0.2) is 0 Å². The van der Waals surface area contributed by atoms with Gasteiger partial charge in [0.25, 0.3) is 0 Å². The summed E-state index contributed by atoms with van der Waals surface area (Å²) in [6.07, 6.45) is 11.2. The van der Waals surface area contributed by atoms with Gasteiger partial charge in [0.1, 0.15) is 0 Å². The molecule has 1 unspecified atom stereocenters. The summed E-state index contributed by atoms with van der Waals surface area (Å²) in [5, 5.41) is 9.21. The Balaban J connectivity index is 1.59. The minimum atomic E-state index is -0.606. The van der Waals surface area contributed by atoms with Gasteiger partial charge in [-0.2, -0.15) is 0 Å². The van der Waals surface area contributed by atoms with E-state index in [-0.39, 0.29) is 11.7 Å². The Hall–Kier alpha value is -0.570. The quantitative estimate of drug-likeness (QED) is 0.821. The lowest BCUT2D eigenvalue weighted by Gasteiger charge is -2.33. The smallest absolute Gasteiger partial charge is 0.309 e. The van der Waals surface area contributed by atoms with Crippen LogP contribution in [0.2, 0.25) is 0 Å². The lowest BCUT2D eigenvalue weighted by Crippen LogP contribution is -2.32. The number of hydrogen-bond acceptors (Lipinski definition) is 2. The molecule has 0 radical (unpaired) electrons. The van der Waals surface area contributed by atoms with Gasteiger partial charge in [-0.1, -0.05) is 19.3 Å². The minimum absolute atomic E-state index is 0.136. The van der Waals surface area contributed by atoms with Crippen LogP contribution >= 0.6 is 0 Å². The highest BCUT2D eigenvalue weighted by atomic mass is 16.5. The third-order valence-corrected chi connectivity index (χ3v) is 5.03. The first-order chi connectivity index (χ1) is 8.14. The van der Waals surface area contributed by atoms with Gasteiger partial charge in [-0.25, -0.2) is 0 Å². The summed E-state index contributed by atoms with van der Waals surface area (Å²) in [4.78, 5) is 11.2. The Bertz CT molecular complexity index is 313. The molecule has 1 saturated heterocycles. The minimum Gasteiger partial charge on any atom is -0.481 e. The van der Waals surface area contributed by atoms with Gasteiger partial charge in [0.05, 0.1) is 17.1 Å². The SMILES string of the molecule is O=C(O)C1(CC2CCC3(CCCCC3)O2)CC1. The molecule has 3 fully saturated rings. The molecule has 3 rings (SSSR count). The molecule has 17 heavy (non-hydrogen) atoms. The molecule has 96 valence electrons. The van der Waals surface area contributed by atoms with Gasteiger partial charge in [-0.3, -0.25) is 4.79 Å². The van der Waals surface area contributed by atoms with Gasteiger partial charge >= 0.3 is 5.97 Å². The Morgan fingerprint density at radius 3 is 2.41 bits per heavy atom. The molecular weight excluding hydrogens is 216 g/mol. The topological polar surface area (TPSA) is 46.5 Å². The van der Waals surface area contributed by atoms with Crippen molar-refractivity contribution in [2.45, 2.75) is 75.9 Å². The van der Waals surface area contributed by atoms with E-state index in [1.807, 2.05) is 0 Å². The zero-order valence-electron chi connectivity index (χ0n) is 10.4. The Morgan fingerprint density at radius 1 is 1.12 bits per heavy atom. The molecule has 3 aliphatic rings. The van der Waals surface area contributed by atoms with E-state index in [0.717, 1.165) is 32.1 Å². The van der Waals surface area contributed by atoms with E-state index in [1.54, 1.807) is 0 Å². The Labute approximate surface area is 103 Å². The molecule has 1 aliphatic heterocycles. The number of ether oxygens (including phenoxy) is 1. The fourth-order valence-electron chi connectivity index (χ4n) is 3.70. The average molecular weight is 238 g/mol. The van der Waals surface area contributed by atoms with Crippen LogP contribution in [0.4, 0.5) is 0 Å². The molecule has 1 heterocycles. The summed E-state index contributed by atoms with van der Waals surface area (Å²) in [5.41, 5.74) is -0.275. The highest BCUT2D eigenvalue weighted by molar-refractivity contribution is 5.77. The standard InChI is InChI=1S/C14H22O3/c15-12(16)13(8-9-13)10-11-4-7-14(17-11)5-2-1-3-6-14/h11H,1-10H2,(H,15,16). The van der Waals surface area contributed by atoms with Crippen LogP contribution in [0.5, 0.6) is 0 Å². The third-order valence-electron chi connectivity index (χ3n) is 5.03. The second-order valence-corrected chi connectivity index (χ2v) is 6.31. The second kappa shape index (κ2) is 3.98. The molecule has 0 bridgehead atoms. The van der Waals surface area contributed by atoms with Crippen LogP contribution < -0.4 is 0 Å². The van der Waals surface area contributed by atoms with Crippen molar-refractivity contribution in [2.75, 3.05) is 0 Å². The van der Waals surface area contributed by atoms with Gasteiger partial charge in [0.15, 0.2) is 0 Å². The predicted octanol–water partition coefficient (Wildman–Crippen LogP) is 3.12. The lowest BCUT2D eigenvalue weighted by molar-refractivity contribution is -0.146. The van der Waals surface area contributed by atoms with Crippen molar-refractivity contribution in [3.8, 4) is 0 Å². The van der Waals surface area contributed by atoms with Gasteiger partial charge in [0.2, 0.25) is 0 Å². The predicted molar refractivity (Wildman–Crippen MR) is 63.8 cm³/mol. The highest BCUT2D eigenvalue weighted by Gasteiger charge is 2.53. The largest absolute Gasteiger partial charge is 0.481 e. The van der Waals surface area contributed by atoms with E-state index in [2.05, 4.69) is 0 Å². The van der Waals surface area contributed by atoms with Crippen LogP contribution in [-0.4, -0.2) is 22.8 Å². The number of carbonyl (C=O) groups is 1. The number of rotatable bonds is 3. The molecule has 0 amide bonds. The first-order valence-electron chi connectivity index (χ1n) is 7.06. The Morgan fingerprint density at radius 2 is 1.82 bits per heavy atom. The number of aliphatic carboxylic acids is 1. The Kier molecular flexibility index (Phi) is 2.69. The molecule has 2 aliphatic carbocycles.